The fourth-order valence-electron chi connectivity index (χ4n) is 2.76. The summed E-state index contributed by atoms with van der Waals surface area (Å²) in [5, 5.41) is 19.8. The lowest BCUT2D eigenvalue weighted by atomic mass is 10.00. The molecule has 0 spiro atoms. The van der Waals surface area contributed by atoms with Gasteiger partial charge >= 0.3 is 5.97 Å². The van der Waals surface area contributed by atoms with Gasteiger partial charge in [-0.3, -0.25) is 4.79 Å². The summed E-state index contributed by atoms with van der Waals surface area (Å²) in [7, 11) is 0. The summed E-state index contributed by atoms with van der Waals surface area (Å²) in [6.45, 7) is 8.42. The van der Waals surface area contributed by atoms with E-state index in [2.05, 4.69) is 0 Å². The first-order chi connectivity index (χ1) is 12.0. The molecule has 0 radical (unpaired) electrons. The molecule has 1 aromatic rings. The van der Waals surface area contributed by atoms with Crippen LogP contribution in [0, 0.1) is 0 Å². The Morgan fingerprint density at radius 3 is 2.64 bits per heavy atom. The number of aromatic hydroxyl groups is 2. The normalized spacial score (nSPS) is 22.3. The van der Waals surface area contributed by atoms with Crippen LogP contribution < -0.4 is 0 Å². The van der Waals surface area contributed by atoms with Crippen molar-refractivity contribution in [2.75, 3.05) is 6.61 Å². The molecule has 5 nitrogen and oxygen atoms in total. The van der Waals surface area contributed by atoms with E-state index in [0.717, 1.165) is 19.3 Å². The van der Waals surface area contributed by atoms with Crippen molar-refractivity contribution in [3.05, 3.63) is 29.3 Å². The van der Waals surface area contributed by atoms with Gasteiger partial charge in [0, 0.05) is 18.2 Å². The lowest BCUT2D eigenvalue weighted by Gasteiger charge is -2.18. The summed E-state index contributed by atoms with van der Waals surface area (Å²) in [6.07, 6.45) is 5.93. The first-order valence-corrected chi connectivity index (χ1v) is 9.03. The van der Waals surface area contributed by atoms with Crippen LogP contribution in [0.1, 0.15) is 58.1 Å². The second-order valence-electron chi connectivity index (χ2n) is 5.80. The first kappa shape index (κ1) is 21.0. The van der Waals surface area contributed by atoms with Crippen molar-refractivity contribution in [2.24, 2.45) is 0 Å². The predicted octanol–water partition coefficient (Wildman–Crippen LogP) is 4.20. The number of phenols is 2. The lowest BCUT2D eigenvalue weighted by Crippen LogP contribution is -2.19. The summed E-state index contributed by atoms with van der Waals surface area (Å²) in [4.78, 5) is 12.0. The van der Waals surface area contributed by atoms with Gasteiger partial charge in [-0.25, -0.2) is 0 Å². The Bertz CT molecular complexity index is 580. The smallest absolute Gasteiger partial charge is 0.310 e. The van der Waals surface area contributed by atoms with Gasteiger partial charge in [-0.15, -0.1) is 0 Å². The van der Waals surface area contributed by atoms with Crippen molar-refractivity contribution in [1.29, 1.82) is 0 Å². The highest BCUT2D eigenvalue weighted by atomic mass is 16.5. The Balaban J connectivity index is 0.00000151. The van der Waals surface area contributed by atoms with E-state index < -0.39 is 0 Å². The summed E-state index contributed by atoms with van der Waals surface area (Å²) < 4.78 is 11.1. The molecule has 2 N–H and O–H groups in total. The number of carbonyl (C=O) groups is 1. The van der Waals surface area contributed by atoms with Gasteiger partial charge in [0.05, 0.1) is 18.6 Å². The number of carbonyl (C=O) groups excluding carboxylic acids is 1. The van der Waals surface area contributed by atoms with Crippen molar-refractivity contribution in [3.63, 3.8) is 0 Å². The number of rotatable bonds is 2. The summed E-state index contributed by atoms with van der Waals surface area (Å²) in [6, 6.07) is 2.74. The van der Waals surface area contributed by atoms with E-state index in [9.17, 15) is 15.0 Å². The SMILES string of the molecule is CC.CCOC1/C=C/c2c(O)cc(O)cc2CC(=O)O[C@@H](C)CCC1. The molecule has 0 bridgehead atoms. The van der Waals surface area contributed by atoms with Crippen molar-refractivity contribution in [1.82, 2.24) is 0 Å². The molecule has 0 fully saturated rings. The van der Waals surface area contributed by atoms with Crippen LogP contribution in [0.25, 0.3) is 6.08 Å². The van der Waals surface area contributed by atoms with Crippen LogP contribution >= 0.6 is 0 Å². The fraction of sp³-hybridized carbons (Fsp3) is 0.550. The number of benzene rings is 1. The third-order valence-electron chi connectivity index (χ3n) is 3.85. The number of hydrogen-bond donors (Lipinski definition) is 2. The van der Waals surface area contributed by atoms with E-state index in [0.29, 0.717) is 17.7 Å². The number of fused-ring (bicyclic) bond motifs is 1. The predicted molar refractivity (Wildman–Crippen MR) is 98.7 cm³/mol. The van der Waals surface area contributed by atoms with Gasteiger partial charge in [0.1, 0.15) is 11.5 Å². The topological polar surface area (TPSA) is 76.0 Å². The Labute approximate surface area is 150 Å². The minimum atomic E-state index is -0.362. The van der Waals surface area contributed by atoms with Crippen LogP contribution in [0.2, 0.25) is 0 Å². The number of phenolic OH excluding ortho intramolecular Hbond substituents is 2. The maximum absolute atomic E-state index is 12.0. The van der Waals surface area contributed by atoms with Gasteiger partial charge in [-0.2, -0.15) is 0 Å². The quantitative estimate of drug-likeness (QED) is 0.782. The molecule has 2 atom stereocenters. The van der Waals surface area contributed by atoms with Gasteiger partial charge in [0.25, 0.3) is 0 Å². The van der Waals surface area contributed by atoms with E-state index in [1.165, 1.54) is 12.1 Å². The maximum atomic E-state index is 12.0. The van der Waals surface area contributed by atoms with Gasteiger partial charge in [0.2, 0.25) is 0 Å². The van der Waals surface area contributed by atoms with E-state index in [-0.39, 0.29) is 36.1 Å². The van der Waals surface area contributed by atoms with E-state index in [1.54, 1.807) is 6.08 Å². The monoisotopic (exact) mass is 350 g/mol. The Morgan fingerprint density at radius 1 is 1.24 bits per heavy atom. The highest BCUT2D eigenvalue weighted by Gasteiger charge is 2.17. The molecule has 1 aliphatic rings. The van der Waals surface area contributed by atoms with Crippen molar-refractivity contribution in [2.45, 2.75) is 65.6 Å². The molecule has 140 valence electrons. The summed E-state index contributed by atoms with van der Waals surface area (Å²) in [5.41, 5.74) is 1.05. The zero-order valence-electron chi connectivity index (χ0n) is 15.6. The average Bonchev–Trinajstić information content (AvgIpc) is 2.54. The lowest BCUT2D eigenvalue weighted by molar-refractivity contribution is -0.147. The standard InChI is InChI=1S/C18H24O5.C2H6/c1-3-22-15-6-4-5-12(2)23-18(21)10-13-9-14(19)11-17(20)16(13)8-7-15;1-2/h7-9,11-12,15,19-20H,3-6,10H2,1-2H3;1-2H3/b8-7+;/t12-,15?;/m0./s1. The molecule has 0 aliphatic carbocycles. The molecule has 0 saturated heterocycles. The number of hydrogen-bond acceptors (Lipinski definition) is 5. The van der Waals surface area contributed by atoms with Crippen molar-refractivity contribution >= 4 is 12.0 Å². The van der Waals surface area contributed by atoms with Gasteiger partial charge in [-0.05, 0) is 44.7 Å². The van der Waals surface area contributed by atoms with E-state index in [4.69, 9.17) is 9.47 Å². The van der Waals surface area contributed by atoms with Crippen LogP contribution in [0.5, 0.6) is 11.5 Å². The van der Waals surface area contributed by atoms with Gasteiger partial charge in [-0.1, -0.05) is 26.0 Å². The van der Waals surface area contributed by atoms with Crippen molar-refractivity contribution in [3.8, 4) is 11.5 Å². The molecule has 25 heavy (non-hydrogen) atoms. The second-order valence-corrected chi connectivity index (χ2v) is 5.80. The molecule has 1 heterocycles. The second kappa shape index (κ2) is 10.8. The molecule has 0 amide bonds. The van der Waals surface area contributed by atoms with Crippen LogP contribution in [0.15, 0.2) is 18.2 Å². The maximum Gasteiger partial charge on any atom is 0.310 e. The van der Waals surface area contributed by atoms with Crippen LogP contribution in [-0.4, -0.2) is 35.0 Å². The minimum Gasteiger partial charge on any atom is -0.508 e. The molecular formula is C20H30O5. The molecule has 5 heteroatoms. The zero-order valence-corrected chi connectivity index (χ0v) is 15.6. The van der Waals surface area contributed by atoms with Gasteiger partial charge in [0.15, 0.2) is 0 Å². The number of cyclic esters (lactones) is 1. The molecule has 2 rings (SSSR count). The van der Waals surface area contributed by atoms with Crippen LogP contribution in [-0.2, 0) is 20.7 Å². The Morgan fingerprint density at radius 2 is 1.96 bits per heavy atom. The molecule has 0 aromatic heterocycles. The number of esters is 1. The molecular weight excluding hydrogens is 320 g/mol. The van der Waals surface area contributed by atoms with Crippen molar-refractivity contribution < 1.29 is 24.5 Å². The Kier molecular flexibility index (Phi) is 9.06. The highest BCUT2D eigenvalue weighted by Crippen LogP contribution is 2.30. The third-order valence-corrected chi connectivity index (χ3v) is 3.85. The van der Waals surface area contributed by atoms with E-state index >= 15 is 0 Å². The average molecular weight is 350 g/mol. The fourth-order valence-corrected chi connectivity index (χ4v) is 2.76. The molecule has 0 saturated carbocycles. The van der Waals surface area contributed by atoms with E-state index in [1.807, 2.05) is 33.8 Å². The summed E-state index contributed by atoms with van der Waals surface area (Å²) in [5.74, 6) is -0.507. The summed E-state index contributed by atoms with van der Waals surface area (Å²) >= 11 is 0. The Hall–Kier alpha value is -2.01. The number of ether oxygens (including phenoxy) is 2. The van der Waals surface area contributed by atoms with Crippen LogP contribution in [0.4, 0.5) is 0 Å². The third kappa shape index (κ3) is 6.78. The zero-order chi connectivity index (χ0) is 18.8. The molecule has 1 aromatic carbocycles. The van der Waals surface area contributed by atoms with Gasteiger partial charge < -0.3 is 19.7 Å². The molecule has 1 aliphatic heterocycles. The van der Waals surface area contributed by atoms with Crippen LogP contribution in [0.3, 0.4) is 0 Å². The minimum absolute atomic E-state index is 0.00523. The first-order valence-electron chi connectivity index (χ1n) is 9.03. The highest BCUT2D eigenvalue weighted by molar-refractivity contribution is 5.76. The molecule has 1 unspecified atom stereocenters. The largest absolute Gasteiger partial charge is 0.508 e.